The Hall–Kier alpha value is -2.51. The van der Waals surface area contributed by atoms with Crippen LogP contribution in [0.4, 0.5) is 5.69 Å². The summed E-state index contributed by atoms with van der Waals surface area (Å²) in [5, 5.41) is 11.9. The van der Waals surface area contributed by atoms with Gasteiger partial charge in [0, 0.05) is 16.5 Å². The van der Waals surface area contributed by atoms with Gasteiger partial charge >= 0.3 is 0 Å². The number of benzene rings is 2. The van der Waals surface area contributed by atoms with Gasteiger partial charge < -0.3 is 5.73 Å². The first-order valence-corrected chi connectivity index (χ1v) is 6.91. The molecule has 4 heteroatoms. The van der Waals surface area contributed by atoms with Crippen LogP contribution in [0.2, 0.25) is 0 Å². The predicted molar refractivity (Wildman–Crippen MR) is 81.4 cm³/mol. The van der Waals surface area contributed by atoms with Crippen molar-refractivity contribution in [1.82, 2.24) is 4.98 Å². The van der Waals surface area contributed by atoms with Crippen LogP contribution in [0.5, 0.6) is 0 Å². The Balaban J connectivity index is 2.14. The van der Waals surface area contributed by atoms with E-state index in [1.54, 1.807) is 6.20 Å². The number of nitrogens with two attached hydrogens (primary N) is 1. The van der Waals surface area contributed by atoms with Gasteiger partial charge in [0.2, 0.25) is 0 Å². The number of aromatic nitrogens is 1. The summed E-state index contributed by atoms with van der Waals surface area (Å²) in [6.45, 7) is 0. The molecule has 2 N–H and O–H groups in total. The zero-order valence-corrected chi connectivity index (χ0v) is 11.4. The smallest absolute Gasteiger partial charge is 0.124 e. The molecule has 2 aromatic carbocycles. The lowest BCUT2D eigenvalue weighted by Crippen LogP contribution is -1.91. The molecule has 0 aliphatic heterocycles. The van der Waals surface area contributed by atoms with Gasteiger partial charge in [-0.05, 0) is 29.7 Å². The van der Waals surface area contributed by atoms with Crippen molar-refractivity contribution in [2.75, 3.05) is 5.73 Å². The molecule has 0 bridgehead atoms. The molecule has 0 saturated carbocycles. The monoisotopic (exact) mass is 277 g/mol. The first-order chi connectivity index (χ1) is 9.79. The van der Waals surface area contributed by atoms with Crippen LogP contribution in [0.25, 0.3) is 10.8 Å². The SMILES string of the molecule is N#Cc1ccc(Sc2ncccc2N)c2ccccc12. The molecule has 20 heavy (non-hydrogen) atoms. The molecule has 96 valence electrons. The summed E-state index contributed by atoms with van der Waals surface area (Å²) in [6.07, 6.45) is 1.73. The van der Waals surface area contributed by atoms with E-state index in [0.29, 0.717) is 11.3 Å². The van der Waals surface area contributed by atoms with Crippen molar-refractivity contribution in [3.05, 3.63) is 60.3 Å². The Bertz CT molecular complexity index is 821. The summed E-state index contributed by atoms with van der Waals surface area (Å²) in [4.78, 5) is 5.34. The minimum absolute atomic E-state index is 0.658. The summed E-state index contributed by atoms with van der Waals surface area (Å²) in [5.41, 5.74) is 7.27. The largest absolute Gasteiger partial charge is 0.397 e. The number of rotatable bonds is 2. The number of fused-ring (bicyclic) bond motifs is 1. The van der Waals surface area contributed by atoms with Crippen molar-refractivity contribution in [1.29, 1.82) is 5.26 Å². The van der Waals surface area contributed by atoms with Gasteiger partial charge in [0.15, 0.2) is 0 Å². The predicted octanol–water partition coefficient (Wildman–Crippen LogP) is 3.84. The second-order valence-corrected chi connectivity index (χ2v) is 5.30. The second-order valence-electron chi connectivity index (χ2n) is 4.27. The number of nitrogen functional groups attached to an aromatic ring is 1. The number of hydrogen-bond acceptors (Lipinski definition) is 4. The Labute approximate surface area is 121 Å². The molecule has 0 aliphatic carbocycles. The topological polar surface area (TPSA) is 62.7 Å². The third-order valence-corrected chi connectivity index (χ3v) is 4.12. The molecule has 1 aromatic heterocycles. The van der Waals surface area contributed by atoms with Gasteiger partial charge in [-0.25, -0.2) is 4.98 Å². The van der Waals surface area contributed by atoms with Crippen molar-refractivity contribution in [2.24, 2.45) is 0 Å². The van der Waals surface area contributed by atoms with Crippen LogP contribution < -0.4 is 5.73 Å². The molecular formula is C16H11N3S. The standard InChI is InChI=1S/C16H11N3S/c17-10-11-7-8-15(13-5-2-1-4-12(11)13)20-16-14(18)6-3-9-19-16/h1-9H,18H2. The number of nitriles is 1. The lowest BCUT2D eigenvalue weighted by molar-refractivity contribution is 1.14. The maximum Gasteiger partial charge on any atom is 0.124 e. The van der Waals surface area contributed by atoms with Crippen molar-refractivity contribution in [3.63, 3.8) is 0 Å². The fourth-order valence-corrected chi connectivity index (χ4v) is 2.98. The van der Waals surface area contributed by atoms with Crippen LogP contribution in [-0.4, -0.2) is 4.98 Å². The van der Waals surface area contributed by atoms with E-state index in [4.69, 9.17) is 5.73 Å². The quantitative estimate of drug-likeness (QED) is 0.773. The lowest BCUT2D eigenvalue weighted by atomic mass is 10.1. The number of hydrogen-bond donors (Lipinski definition) is 1. The summed E-state index contributed by atoms with van der Waals surface area (Å²) in [6, 6.07) is 17.5. The van der Waals surface area contributed by atoms with E-state index in [2.05, 4.69) is 11.1 Å². The second kappa shape index (κ2) is 5.24. The van der Waals surface area contributed by atoms with Crippen LogP contribution >= 0.6 is 11.8 Å². The number of pyridine rings is 1. The van der Waals surface area contributed by atoms with Crippen LogP contribution in [0.1, 0.15) is 5.56 Å². The molecule has 3 nitrogen and oxygen atoms in total. The van der Waals surface area contributed by atoms with Gasteiger partial charge in [-0.1, -0.05) is 36.0 Å². The van der Waals surface area contributed by atoms with E-state index in [1.807, 2.05) is 48.5 Å². The molecule has 3 aromatic rings. The van der Waals surface area contributed by atoms with E-state index in [0.717, 1.165) is 20.7 Å². The van der Waals surface area contributed by atoms with Crippen molar-refractivity contribution in [3.8, 4) is 6.07 Å². The first-order valence-electron chi connectivity index (χ1n) is 6.10. The van der Waals surface area contributed by atoms with Crippen molar-refractivity contribution >= 4 is 28.2 Å². The van der Waals surface area contributed by atoms with Crippen molar-refractivity contribution < 1.29 is 0 Å². The van der Waals surface area contributed by atoms with Crippen LogP contribution in [0.3, 0.4) is 0 Å². The molecule has 0 aliphatic rings. The zero-order chi connectivity index (χ0) is 13.9. The van der Waals surface area contributed by atoms with Gasteiger partial charge in [-0.15, -0.1) is 0 Å². The molecule has 1 heterocycles. The lowest BCUT2D eigenvalue weighted by Gasteiger charge is -2.08. The number of nitrogens with zero attached hydrogens (tertiary/aromatic N) is 2. The van der Waals surface area contributed by atoms with Gasteiger partial charge in [-0.3, -0.25) is 0 Å². The summed E-state index contributed by atoms with van der Waals surface area (Å²) in [7, 11) is 0. The van der Waals surface area contributed by atoms with Crippen LogP contribution in [0, 0.1) is 11.3 Å². The Morgan fingerprint density at radius 3 is 2.55 bits per heavy atom. The molecule has 0 saturated heterocycles. The first kappa shape index (κ1) is 12.5. The fraction of sp³-hybridized carbons (Fsp3) is 0. The molecule has 0 fully saturated rings. The summed E-state index contributed by atoms with van der Waals surface area (Å²) in [5.74, 6) is 0. The molecule has 0 amide bonds. The Kier molecular flexibility index (Phi) is 3.28. The van der Waals surface area contributed by atoms with E-state index < -0.39 is 0 Å². The molecular weight excluding hydrogens is 266 g/mol. The van der Waals surface area contributed by atoms with Gasteiger partial charge in [0.05, 0.1) is 17.3 Å². The fourth-order valence-electron chi connectivity index (χ4n) is 2.05. The molecule has 0 atom stereocenters. The minimum Gasteiger partial charge on any atom is -0.397 e. The highest BCUT2D eigenvalue weighted by atomic mass is 32.2. The Morgan fingerprint density at radius 2 is 1.80 bits per heavy atom. The van der Waals surface area contributed by atoms with Gasteiger partial charge in [0.25, 0.3) is 0 Å². The van der Waals surface area contributed by atoms with Crippen LogP contribution in [0.15, 0.2) is 64.6 Å². The third-order valence-electron chi connectivity index (χ3n) is 3.01. The van der Waals surface area contributed by atoms with Crippen LogP contribution in [-0.2, 0) is 0 Å². The summed E-state index contributed by atoms with van der Waals surface area (Å²) >= 11 is 1.52. The zero-order valence-electron chi connectivity index (χ0n) is 10.6. The highest BCUT2D eigenvalue weighted by Crippen LogP contribution is 2.35. The normalized spacial score (nSPS) is 10.3. The van der Waals surface area contributed by atoms with E-state index >= 15 is 0 Å². The van der Waals surface area contributed by atoms with E-state index in [-0.39, 0.29) is 0 Å². The molecule has 0 unspecified atom stereocenters. The van der Waals surface area contributed by atoms with Gasteiger partial charge in [0.1, 0.15) is 5.03 Å². The average Bonchev–Trinajstić information content (AvgIpc) is 2.50. The molecule has 0 spiro atoms. The average molecular weight is 277 g/mol. The minimum atomic E-state index is 0.658. The molecule has 0 radical (unpaired) electrons. The highest BCUT2D eigenvalue weighted by Gasteiger charge is 2.09. The van der Waals surface area contributed by atoms with Gasteiger partial charge in [-0.2, -0.15) is 5.26 Å². The maximum atomic E-state index is 9.17. The third kappa shape index (κ3) is 2.20. The van der Waals surface area contributed by atoms with Crippen molar-refractivity contribution in [2.45, 2.75) is 9.92 Å². The maximum absolute atomic E-state index is 9.17. The highest BCUT2D eigenvalue weighted by molar-refractivity contribution is 7.99. The summed E-state index contributed by atoms with van der Waals surface area (Å²) < 4.78 is 0. The molecule has 3 rings (SSSR count). The number of anilines is 1. The van der Waals surface area contributed by atoms with E-state index in [1.165, 1.54) is 11.8 Å². The Morgan fingerprint density at radius 1 is 1.00 bits per heavy atom. The van der Waals surface area contributed by atoms with E-state index in [9.17, 15) is 5.26 Å².